The number of anilines is 1. The van der Waals surface area contributed by atoms with Crippen molar-refractivity contribution in [3.8, 4) is 0 Å². The highest BCUT2D eigenvalue weighted by Crippen LogP contribution is 2.16. The van der Waals surface area contributed by atoms with Crippen molar-refractivity contribution in [2.24, 2.45) is 0 Å². The van der Waals surface area contributed by atoms with Crippen LogP contribution in [0.25, 0.3) is 0 Å². The van der Waals surface area contributed by atoms with Gasteiger partial charge in [0.05, 0.1) is 12.8 Å². The third-order valence-corrected chi connectivity index (χ3v) is 3.91. The second-order valence-corrected chi connectivity index (χ2v) is 5.44. The van der Waals surface area contributed by atoms with Crippen molar-refractivity contribution < 1.29 is 9.90 Å². The number of nitrogens with one attached hydrogen (secondary N) is 1. The van der Waals surface area contributed by atoms with Gasteiger partial charge in [-0.3, -0.25) is 4.79 Å². The van der Waals surface area contributed by atoms with E-state index in [1.165, 1.54) is 17.5 Å². The Morgan fingerprint density at radius 2 is 2.33 bits per heavy atom. The Morgan fingerprint density at radius 1 is 1.61 bits per heavy atom. The minimum absolute atomic E-state index is 0.0928. The smallest absolute Gasteiger partial charge is 0.263 e. The van der Waals surface area contributed by atoms with Crippen molar-refractivity contribution in [1.29, 1.82) is 0 Å². The summed E-state index contributed by atoms with van der Waals surface area (Å²) in [5.41, 5.74) is 5.50. The fourth-order valence-corrected chi connectivity index (χ4v) is 2.68. The first-order valence-electron chi connectivity index (χ1n) is 6.04. The van der Waals surface area contributed by atoms with Gasteiger partial charge in [-0.05, 0) is 12.8 Å². The summed E-state index contributed by atoms with van der Waals surface area (Å²) in [6, 6.07) is 0.204. The molecule has 0 atom stereocenters. The van der Waals surface area contributed by atoms with Crippen LogP contribution in [0, 0.1) is 0 Å². The van der Waals surface area contributed by atoms with E-state index in [9.17, 15) is 4.79 Å². The fourth-order valence-electron chi connectivity index (χ4n) is 2.09. The van der Waals surface area contributed by atoms with Gasteiger partial charge < -0.3 is 21.1 Å². The van der Waals surface area contributed by atoms with Crippen molar-refractivity contribution in [2.45, 2.75) is 18.9 Å². The number of hydrogen-bond donors (Lipinski definition) is 3. The van der Waals surface area contributed by atoms with E-state index in [4.69, 9.17) is 10.8 Å². The molecule has 7 heteroatoms. The Morgan fingerprint density at radius 3 is 2.89 bits per heavy atom. The van der Waals surface area contributed by atoms with Crippen LogP contribution in [0.3, 0.4) is 0 Å². The minimum atomic E-state index is -0.0928. The lowest BCUT2D eigenvalue weighted by molar-refractivity contribution is 0.0907. The second kappa shape index (κ2) is 6.12. The summed E-state index contributed by atoms with van der Waals surface area (Å²) < 4.78 is 0. The fraction of sp³-hybridized carbons (Fsp3) is 0.636. The summed E-state index contributed by atoms with van der Waals surface area (Å²) in [5, 5.41) is 12.3. The third-order valence-electron chi connectivity index (χ3n) is 3.09. The molecule has 18 heavy (non-hydrogen) atoms. The number of rotatable bonds is 4. The molecular weight excluding hydrogens is 252 g/mol. The lowest BCUT2D eigenvalue weighted by atomic mass is 10.1. The van der Waals surface area contributed by atoms with Gasteiger partial charge in [-0.1, -0.05) is 11.3 Å². The summed E-state index contributed by atoms with van der Waals surface area (Å²) in [4.78, 5) is 18.5. The van der Waals surface area contributed by atoms with Gasteiger partial charge in [0.25, 0.3) is 5.91 Å². The zero-order valence-electron chi connectivity index (χ0n) is 10.1. The van der Waals surface area contributed by atoms with Crippen LogP contribution in [0.15, 0.2) is 6.20 Å². The summed E-state index contributed by atoms with van der Waals surface area (Å²) in [7, 11) is 0. The van der Waals surface area contributed by atoms with Crippen LogP contribution < -0.4 is 11.1 Å². The van der Waals surface area contributed by atoms with E-state index in [1.807, 2.05) is 0 Å². The first kappa shape index (κ1) is 13.3. The van der Waals surface area contributed by atoms with Gasteiger partial charge >= 0.3 is 0 Å². The highest BCUT2D eigenvalue weighted by Gasteiger charge is 2.21. The molecular formula is C11H18N4O2S. The molecule has 0 aliphatic carbocycles. The molecule has 4 N–H and O–H groups in total. The predicted molar refractivity (Wildman–Crippen MR) is 70.5 cm³/mol. The summed E-state index contributed by atoms with van der Waals surface area (Å²) >= 11 is 1.20. The van der Waals surface area contributed by atoms with E-state index < -0.39 is 0 Å². The summed E-state index contributed by atoms with van der Waals surface area (Å²) in [6.45, 7) is 2.73. The van der Waals surface area contributed by atoms with Crippen molar-refractivity contribution in [2.75, 3.05) is 32.0 Å². The van der Waals surface area contributed by atoms with E-state index in [0.29, 0.717) is 16.6 Å². The van der Waals surface area contributed by atoms with Crippen LogP contribution in [-0.4, -0.2) is 53.2 Å². The maximum absolute atomic E-state index is 11.9. The van der Waals surface area contributed by atoms with Crippen LogP contribution in [0.5, 0.6) is 0 Å². The quantitative estimate of drug-likeness (QED) is 0.711. The topological polar surface area (TPSA) is 91.5 Å². The van der Waals surface area contributed by atoms with Crippen molar-refractivity contribution in [3.63, 3.8) is 0 Å². The summed E-state index contributed by atoms with van der Waals surface area (Å²) in [5.74, 6) is -0.0928. The molecule has 6 nitrogen and oxygen atoms in total. The number of likely N-dealkylation sites (tertiary alicyclic amines) is 1. The van der Waals surface area contributed by atoms with Crippen LogP contribution in [0.1, 0.15) is 22.5 Å². The van der Waals surface area contributed by atoms with E-state index in [1.54, 1.807) is 0 Å². The summed E-state index contributed by atoms with van der Waals surface area (Å²) in [6.07, 6.45) is 3.34. The van der Waals surface area contributed by atoms with Crippen LogP contribution in [0.2, 0.25) is 0 Å². The first-order valence-corrected chi connectivity index (χ1v) is 6.86. The van der Waals surface area contributed by atoms with E-state index >= 15 is 0 Å². The standard InChI is InChI=1S/C11H18N4O2S/c12-11-13-7-9(18-11)10(17)14-8-1-3-15(4-2-8)5-6-16/h7-8,16H,1-6H2,(H2,12,13)(H,14,17). The number of thiazole rings is 1. The number of amides is 1. The van der Waals surface area contributed by atoms with Gasteiger partial charge in [-0.2, -0.15) is 0 Å². The van der Waals surface area contributed by atoms with Crippen molar-refractivity contribution >= 4 is 22.4 Å². The van der Waals surface area contributed by atoms with Crippen LogP contribution in [-0.2, 0) is 0 Å². The minimum Gasteiger partial charge on any atom is -0.395 e. The Hall–Kier alpha value is -1.18. The highest BCUT2D eigenvalue weighted by molar-refractivity contribution is 7.17. The number of carbonyl (C=O) groups is 1. The molecule has 2 heterocycles. The molecule has 1 aromatic rings. The Kier molecular flexibility index (Phi) is 4.51. The molecule has 1 amide bonds. The van der Waals surface area contributed by atoms with Gasteiger partial charge in [0.1, 0.15) is 4.88 Å². The molecule has 0 aromatic carbocycles. The zero-order chi connectivity index (χ0) is 13.0. The number of nitrogens with zero attached hydrogens (tertiary/aromatic N) is 2. The van der Waals surface area contributed by atoms with Crippen molar-refractivity contribution in [3.05, 3.63) is 11.1 Å². The number of β-amino-alcohol motifs (C(OH)–C–C–N with tert-alkyl or cyclic N) is 1. The van der Waals surface area contributed by atoms with E-state index in [2.05, 4.69) is 15.2 Å². The number of aliphatic hydroxyl groups is 1. The maximum atomic E-state index is 11.9. The van der Waals surface area contributed by atoms with E-state index in [-0.39, 0.29) is 18.6 Å². The van der Waals surface area contributed by atoms with Gasteiger partial charge in [0, 0.05) is 25.7 Å². The van der Waals surface area contributed by atoms with Crippen LogP contribution >= 0.6 is 11.3 Å². The molecule has 2 rings (SSSR count). The van der Waals surface area contributed by atoms with Gasteiger partial charge in [0.15, 0.2) is 5.13 Å². The highest BCUT2D eigenvalue weighted by atomic mass is 32.1. The van der Waals surface area contributed by atoms with Gasteiger partial charge in [-0.25, -0.2) is 4.98 Å². The third kappa shape index (κ3) is 3.41. The number of nitrogens with two attached hydrogens (primary N) is 1. The molecule has 100 valence electrons. The average Bonchev–Trinajstić information content (AvgIpc) is 2.79. The lowest BCUT2D eigenvalue weighted by Gasteiger charge is -2.31. The molecule has 0 bridgehead atoms. The molecule has 1 aromatic heterocycles. The van der Waals surface area contributed by atoms with Crippen molar-refractivity contribution in [1.82, 2.24) is 15.2 Å². The van der Waals surface area contributed by atoms with E-state index in [0.717, 1.165) is 25.9 Å². The molecule has 1 saturated heterocycles. The number of nitrogen functional groups attached to an aromatic ring is 1. The molecule has 1 aliphatic rings. The number of carbonyl (C=O) groups excluding carboxylic acids is 1. The molecule has 0 saturated carbocycles. The number of aliphatic hydroxyl groups excluding tert-OH is 1. The molecule has 0 spiro atoms. The Balaban J connectivity index is 1.79. The molecule has 0 unspecified atom stereocenters. The number of piperidine rings is 1. The number of hydrogen-bond acceptors (Lipinski definition) is 6. The average molecular weight is 270 g/mol. The molecule has 0 radical (unpaired) electrons. The Bertz CT molecular complexity index is 402. The number of aromatic nitrogens is 1. The Labute approximate surface area is 110 Å². The van der Waals surface area contributed by atoms with Gasteiger partial charge in [-0.15, -0.1) is 0 Å². The normalized spacial score (nSPS) is 17.8. The maximum Gasteiger partial charge on any atom is 0.263 e. The zero-order valence-corrected chi connectivity index (χ0v) is 10.9. The molecule has 1 aliphatic heterocycles. The first-order chi connectivity index (χ1) is 8.69. The predicted octanol–water partition coefficient (Wildman–Crippen LogP) is -0.0882. The van der Waals surface area contributed by atoms with Crippen LogP contribution in [0.4, 0.5) is 5.13 Å². The lowest BCUT2D eigenvalue weighted by Crippen LogP contribution is -2.45. The van der Waals surface area contributed by atoms with Gasteiger partial charge in [0.2, 0.25) is 0 Å². The largest absolute Gasteiger partial charge is 0.395 e. The SMILES string of the molecule is Nc1ncc(C(=O)NC2CCN(CCO)CC2)s1. The second-order valence-electron chi connectivity index (χ2n) is 4.38. The monoisotopic (exact) mass is 270 g/mol. The molecule has 1 fully saturated rings.